The van der Waals surface area contributed by atoms with E-state index in [2.05, 4.69) is 38.2 Å². The molecule has 1 aromatic carbocycles. The standard InChI is InChI=1S/C17H27NO/c1-4-17(2,3)15-5-6-16(19)14(12-15)11-13-7-9-18-10-8-13/h5-6,12-13,18-19H,4,7-11H2,1-3H3. The van der Waals surface area contributed by atoms with Crippen LogP contribution in [0.25, 0.3) is 0 Å². The summed E-state index contributed by atoms with van der Waals surface area (Å²) in [5.74, 6) is 1.18. The average molecular weight is 261 g/mol. The Morgan fingerprint density at radius 3 is 2.58 bits per heavy atom. The van der Waals surface area contributed by atoms with Gasteiger partial charge in [0.25, 0.3) is 0 Å². The third kappa shape index (κ3) is 3.50. The molecule has 1 aliphatic heterocycles. The van der Waals surface area contributed by atoms with Crippen LogP contribution in [0, 0.1) is 5.92 Å². The van der Waals surface area contributed by atoms with Gasteiger partial charge in [0.1, 0.15) is 5.75 Å². The lowest BCUT2D eigenvalue weighted by molar-refractivity contribution is 0.366. The Bertz CT molecular complexity index is 419. The summed E-state index contributed by atoms with van der Waals surface area (Å²) in [6.45, 7) is 9.00. The van der Waals surface area contributed by atoms with Gasteiger partial charge in [0.05, 0.1) is 0 Å². The molecule has 0 aliphatic carbocycles. The van der Waals surface area contributed by atoms with Gasteiger partial charge in [0.2, 0.25) is 0 Å². The van der Waals surface area contributed by atoms with E-state index in [0.717, 1.165) is 31.5 Å². The van der Waals surface area contributed by atoms with Crippen molar-refractivity contribution in [3.63, 3.8) is 0 Å². The minimum Gasteiger partial charge on any atom is -0.508 e. The van der Waals surface area contributed by atoms with E-state index in [1.807, 2.05) is 6.07 Å². The van der Waals surface area contributed by atoms with Crippen LogP contribution < -0.4 is 5.32 Å². The number of nitrogens with one attached hydrogen (secondary N) is 1. The van der Waals surface area contributed by atoms with E-state index in [1.165, 1.54) is 18.4 Å². The van der Waals surface area contributed by atoms with E-state index in [1.54, 1.807) is 0 Å². The predicted molar refractivity (Wildman–Crippen MR) is 80.7 cm³/mol. The molecular weight excluding hydrogens is 234 g/mol. The van der Waals surface area contributed by atoms with Gasteiger partial charge in [-0.05, 0) is 67.3 Å². The fourth-order valence-electron chi connectivity index (χ4n) is 2.77. The summed E-state index contributed by atoms with van der Waals surface area (Å²) in [4.78, 5) is 0. The van der Waals surface area contributed by atoms with Crippen LogP contribution in [0.3, 0.4) is 0 Å². The highest BCUT2D eigenvalue weighted by atomic mass is 16.3. The summed E-state index contributed by atoms with van der Waals surface area (Å²) in [5.41, 5.74) is 2.67. The summed E-state index contributed by atoms with van der Waals surface area (Å²) >= 11 is 0. The zero-order chi connectivity index (χ0) is 13.9. The van der Waals surface area contributed by atoms with E-state index in [4.69, 9.17) is 0 Å². The maximum Gasteiger partial charge on any atom is 0.118 e. The third-order valence-electron chi connectivity index (χ3n) is 4.71. The van der Waals surface area contributed by atoms with Crippen molar-refractivity contribution in [1.29, 1.82) is 0 Å². The van der Waals surface area contributed by atoms with Crippen molar-refractivity contribution < 1.29 is 5.11 Å². The van der Waals surface area contributed by atoms with Gasteiger partial charge in [-0.15, -0.1) is 0 Å². The predicted octanol–water partition coefficient (Wildman–Crippen LogP) is 3.62. The van der Waals surface area contributed by atoms with Gasteiger partial charge >= 0.3 is 0 Å². The summed E-state index contributed by atoms with van der Waals surface area (Å²) in [5, 5.41) is 13.5. The minimum absolute atomic E-state index is 0.191. The second kappa shape index (κ2) is 5.96. The Morgan fingerprint density at radius 1 is 1.26 bits per heavy atom. The van der Waals surface area contributed by atoms with Crippen LogP contribution >= 0.6 is 0 Å². The molecule has 1 aliphatic rings. The topological polar surface area (TPSA) is 32.3 Å². The van der Waals surface area contributed by atoms with Crippen molar-refractivity contribution in [2.24, 2.45) is 5.92 Å². The quantitative estimate of drug-likeness (QED) is 0.867. The molecular formula is C17H27NO. The second-order valence-corrected chi connectivity index (χ2v) is 6.48. The smallest absolute Gasteiger partial charge is 0.118 e. The first-order valence-electron chi connectivity index (χ1n) is 7.56. The molecule has 0 bridgehead atoms. The summed E-state index contributed by atoms with van der Waals surface area (Å²) in [6.07, 6.45) is 4.58. The molecule has 1 heterocycles. The van der Waals surface area contributed by atoms with Gasteiger partial charge in [0.15, 0.2) is 0 Å². The highest BCUT2D eigenvalue weighted by molar-refractivity contribution is 5.39. The maximum atomic E-state index is 10.1. The van der Waals surface area contributed by atoms with Gasteiger partial charge in [-0.3, -0.25) is 0 Å². The highest BCUT2D eigenvalue weighted by Gasteiger charge is 2.21. The average Bonchev–Trinajstić information content (AvgIpc) is 2.42. The molecule has 0 spiro atoms. The Kier molecular flexibility index (Phi) is 4.51. The van der Waals surface area contributed by atoms with Gasteiger partial charge in [-0.25, -0.2) is 0 Å². The van der Waals surface area contributed by atoms with Gasteiger partial charge < -0.3 is 10.4 Å². The summed E-state index contributed by atoms with van der Waals surface area (Å²) < 4.78 is 0. The number of hydrogen-bond acceptors (Lipinski definition) is 2. The Morgan fingerprint density at radius 2 is 1.95 bits per heavy atom. The molecule has 1 saturated heterocycles. The van der Waals surface area contributed by atoms with Gasteiger partial charge in [-0.2, -0.15) is 0 Å². The molecule has 0 aromatic heterocycles. The summed E-state index contributed by atoms with van der Waals surface area (Å²) in [7, 11) is 0. The number of aromatic hydroxyl groups is 1. The van der Waals surface area contributed by atoms with Gasteiger partial charge in [-0.1, -0.05) is 32.9 Å². The SMILES string of the molecule is CCC(C)(C)c1ccc(O)c(CC2CCNCC2)c1. The number of rotatable bonds is 4. The minimum atomic E-state index is 0.191. The molecule has 2 heteroatoms. The lowest BCUT2D eigenvalue weighted by Gasteiger charge is -2.26. The van der Waals surface area contributed by atoms with Crippen LogP contribution in [0.4, 0.5) is 0 Å². The van der Waals surface area contributed by atoms with Crippen molar-refractivity contribution >= 4 is 0 Å². The molecule has 2 rings (SSSR count). The normalized spacial score (nSPS) is 17.6. The van der Waals surface area contributed by atoms with Crippen molar-refractivity contribution in [1.82, 2.24) is 5.32 Å². The molecule has 1 fully saturated rings. The molecule has 0 saturated carbocycles. The molecule has 19 heavy (non-hydrogen) atoms. The molecule has 1 aromatic rings. The number of hydrogen-bond donors (Lipinski definition) is 2. The van der Waals surface area contributed by atoms with Crippen LogP contribution in [0.5, 0.6) is 5.75 Å². The van der Waals surface area contributed by atoms with Gasteiger partial charge in [0, 0.05) is 0 Å². The molecule has 0 unspecified atom stereocenters. The van der Waals surface area contributed by atoms with Crippen LogP contribution in [-0.2, 0) is 11.8 Å². The number of piperidine rings is 1. The van der Waals surface area contributed by atoms with E-state index >= 15 is 0 Å². The van der Waals surface area contributed by atoms with E-state index in [9.17, 15) is 5.11 Å². The number of phenols is 1. The maximum absolute atomic E-state index is 10.1. The number of phenolic OH excluding ortho intramolecular Hbond substituents is 1. The Hall–Kier alpha value is -1.02. The van der Waals surface area contributed by atoms with E-state index in [0.29, 0.717) is 11.7 Å². The first kappa shape index (κ1) is 14.4. The second-order valence-electron chi connectivity index (χ2n) is 6.48. The van der Waals surface area contributed by atoms with Crippen molar-refractivity contribution in [3.8, 4) is 5.75 Å². The molecule has 0 atom stereocenters. The number of benzene rings is 1. The van der Waals surface area contributed by atoms with Crippen LogP contribution in [0.15, 0.2) is 18.2 Å². The van der Waals surface area contributed by atoms with Crippen LogP contribution in [0.2, 0.25) is 0 Å². The first-order chi connectivity index (χ1) is 9.03. The monoisotopic (exact) mass is 261 g/mol. The molecule has 106 valence electrons. The molecule has 0 radical (unpaired) electrons. The largest absolute Gasteiger partial charge is 0.508 e. The van der Waals surface area contributed by atoms with E-state index < -0.39 is 0 Å². The van der Waals surface area contributed by atoms with Crippen LogP contribution in [-0.4, -0.2) is 18.2 Å². The zero-order valence-electron chi connectivity index (χ0n) is 12.5. The summed E-state index contributed by atoms with van der Waals surface area (Å²) in [6, 6.07) is 6.18. The van der Waals surface area contributed by atoms with Crippen molar-refractivity contribution in [2.45, 2.75) is 51.9 Å². The Balaban J connectivity index is 2.17. The van der Waals surface area contributed by atoms with Crippen molar-refractivity contribution in [3.05, 3.63) is 29.3 Å². The lowest BCUT2D eigenvalue weighted by Crippen LogP contribution is -2.28. The van der Waals surface area contributed by atoms with Crippen LogP contribution in [0.1, 0.15) is 51.2 Å². The molecule has 2 nitrogen and oxygen atoms in total. The fourth-order valence-corrected chi connectivity index (χ4v) is 2.77. The third-order valence-corrected chi connectivity index (χ3v) is 4.71. The lowest BCUT2D eigenvalue weighted by atomic mass is 9.80. The first-order valence-corrected chi connectivity index (χ1v) is 7.56. The fraction of sp³-hybridized carbons (Fsp3) is 0.647. The van der Waals surface area contributed by atoms with E-state index in [-0.39, 0.29) is 5.41 Å². The Labute approximate surface area is 117 Å². The highest BCUT2D eigenvalue weighted by Crippen LogP contribution is 2.32. The molecule has 0 amide bonds. The van der Waals surface area contributed by atoms with Crippen molar-refractivity contribution in [2.75, 3.05) is 13.1 Å². The zero-order valence-corrected chi connectivity index (χ0v) is 12.5. The molecule has 2 N–H and O–H groups in total.